The highest BCUT2D eigenvalue weighted by molar-refractivity contribution is 7.89. The minimum absolute atomic E-state index is 0.0449. The minimum Gasteiger partial charge on any atom is -0.383 e. The molecule has 1 heterocycles. The summed E-state index contributed by atoms with van der Waals surface area (Å²) in [5, 5.41) is 0. The minimum atomic E-state index is -3.48. The fourth-order valence-corrected chi connectivity index (χ4v) is 4.36. The first-order valence-corrected chi connectivity index (χ1v) is 10.5. The number of methoxy groups -OCH3 is 1. The number of aryl methyl sites for hydroxylation is 1. The van der Waals surface area contributed by atoms with Crippen LogP contribution >= 0.6 is 11.6 Å². The molecule has 1 N–H and O–H groups in total. The average molecular weight is 375 g/mol. The van der Waals surface area contributed by atoms with E-state index in [9.17, 15) is 8.42 Å². The highest BCUT2D eigenvalue weighted by atomic mass is 35.5. The third-order valence-electron chi connectivity index (χ3n) is 4.27. The highest BCUT2D eigenvalue weighted by Gasteiger charge is 2.25. The van der Waals surface area contributed by atoms with Crippen molar-refractivity contribution >= 4 is 21.6 Å². The summed E-state index contributed by atoms with van der Waals surface area (Å²) < 4.78 is 33.1. The Bertz CT molecular complexity index is 592. The van der Waals surface area contributed by atoms with Crippen molar-refractivity contribution in [3.05, 3.63) is 29.8 Å². The molecule has 1 saturated heterocycles. The maximum absolute atomic E-state index is 12.6. The van der Waals surface area contributed by atoms with Gasteiger partial charge in [0.05, 0.1) is 11.5 Å². The van der Waals surface area contributed by atoms with Crippen LogP contribution in [0.3, 0.4) is 0 Å². The third kappa shape index (κ3) is 6.01. The number of likely N-dealkylation sites (tertiary alicyclic amines) is 1. The van der Waals surface area contributed by atoms with Crippen LogP contribution in [-0.4, -0.2) is 58.6 Å². The van der Waals surface area contributed by atoms with Gasteiger partial charge in [-0.2, -0.15) is 0 Å². The van der Waals surface area contributed by atoms with E-state index in [1.165, 1.54) is 0 Å². The van der Waals surface area contributed by atoms with Crippen LogP contribution in [0.25, 0.3) is 0 Å². The molecule has 1 atom stereocenters. The molecule has 1 unspecified atom stereocenters. The second kappa shape index (κ2) is 9.73. The fraction of sp³-hybridized carbons (Fsp3) is 0.647. The van der Waals surface area contributed by atoms with Crippen LogP contribution in [0.2, 0.25) is 0 Å². The van der Waals surface area contributed by atoms with E-state index in [1.807, 2.05) is 12.1 Å². The molecule has 0 radical (unpaired) electrons. The van der Waals surface area contributed by atoms with Crippen LogP contribution in [0.4, 0.5) is 0 Å². The van der Waals surface area contributed by atoms with E-state index in [-0.39, 0.29) is 6.04 Å². The molecule has 0 aromatic heterocycles. The van der Waals surface area contributed by atoms with Gasteiger partial charge in [-0.25, -0.2) is 13.1 Å². The highest BCUT2D eigenvalue weighted by Crippen LogP contribution is 2.16. The molecule has 1 fully saturated rings. The van der Waals surface area contributed by atoms with E-state index in [0.29, 0.717) is 17.4 Å². The molecule has 136 valence electrons. The summed E-state index contributed by atoms with van der Waals surface area (Å²) in [7, 11) is -1.79. The van der Waals surface area contributed by atoms with Crippen molar-refractivity contribution in [2.45, 2.75) is 36.6 Å². The van der Waals surface area contributed by atoms with Gasteiger partial charge in [0.2, 0.25) is 10.0 Å². The lowest BCUT2D eigenvalue weighted by Gasteiger charge is -2.32. The number of rotatable bonds is 9. The van der Waals surface area contributed by atoms with Crippen LogP contribution in [0.5, 0.6) is 0 Å². The lowest BCUT2D eigenvalue weighted by molar-refractivity contribution is 0.126. The quantitative estimate of drug-likeness (QED) is 0.673. The molecular formula is C17H27ClN2O3S. The number of nitrogens with zero attached hydrogens (tertiary/aromatic N) is 1. The van der Waals surface area contributed by atoms with Crippen molar-refractivity contribution in [2.75, 3.05) is 39.2 Å². The summed E-state index contributed by atoms with van der Waals surface area (Å²) in [5.41, 5.74) is 1.11. The van der Waals surface area contributed by atoms with Gasteiger partial charge < -0.3 is 4.74 Å². The van der Waals surface area contributed by atoms with Crippen molar-refractivity contribution in [3.63, 3.8) is 0 Å². The Balaban J connectivity index is 1.94. The molecule has 1 aliphatic heterocycles. The Morgan fingerprint density at radius 3 is 2.75 bits per heavy atom. The number of halogens is 1. The lowest BCUT2D eigenvalue weighted by Crippen LogP contribution is -2.48. The van der Waals surface area contributed by atoms with Gasteiger partial charge in [-0.3, -0.25) is 4.90 Å². The van der Waals surface area contributed by atoms with Crippen molar-refractivity contribution < 1.29 is 13.2 Å². The molecule has 2 rings (SSSR count). The van der Waals surface area contributed by atoms with Gasteiger partial charge in [0.15, 0.2) is 0 Å². The Labute approximate surface area is 150 Å². The second-order valence-electron chi connectivity index (χ2n) is 6.19. The average Bonchev–Trinajstić information content (AvgIpc) is 2.58. The maximum atomic E-state index is 12.6. The van der Waals surface area contributed by atoms with Crippen LogP contribution in [0.1, 0.15) is 24.8 Å². The van der Waals surface area contributed by atoms with Crippen molar-refractivity contribution in [2.24, 2.45) is 0 Å². The fourth-order valence-electron chi connectivity index (χ4n) is 2.97. The summed E-state index contributed by atoms with van der Waals surface area (Å²) in [6, 6.07) is 7.05. The van der Waals surface area contributed by atoms with Crippen LogP contribution in [-0.2, 0) is 21.2 Å². The summed E-state index contributed by atoms with van der Waals surface area (Å²) in [5.74, 6) is 0.614. The smallest absolute Gasteiger partial charge is 0.240 e. The molecule has 1 aromatic rings. The summed E-state index contributed by atoms with van der Waals surface area (Å²) in [6.45, 7) is 3.24. The number of hydrogen-bond donors (Lipinski definition) is 1. The molecule has 0 saturated carbocycles. The summed E-state index contributed by atoms with van der Waals surface area (Å²) >= 11 is 5.69. The molecule has 0 aliphatic carbocycles. The van der Waals surface area contributed by atoms with E-state index in [1.54, 1.807) is 19.2 Å². The Morgan fingerprint density at radius 1 is 1.33 bits per heavy atom. The van der Waals surface area contributed by atoms with Gasteiger partial charge in [-0.05, 0) is 49.9 Å². The molecule has 5 nitrogen and oxygen atoms in total. The van der Waals surface area contributed by atoms with Crippen molar-refractivity contribution in [1.82, 2.24) is 9.62 Å². The normalized spacial score (nSPS) is 19.5. The van der Waals surface area contributed by atoms with E-state index >= 15 is 0 Å². The zero-order chi connectivity index (χ0) is 17.4. The lowest BCUT2D eigenvalue weighted by atomic mass is 10.1. The second-order valence-corrected chi connectivity index (χ2v) is 8.28. The third-order valence-corrected chi connectivity index (χ3v) is 6.08. The SMILES string of the molecule is COCCN1CCCC(NS(=O)(=O)c2ccc(CCCCl)cc2)C1. The maximum Gasteiger partial charge on any atom is 0.240 e. The zero-order valence-electron chi connectivity index (χ0n) is 14.2. The van der Waals surface area contributed by atoms with E-state index < -0.39 is 10.0 Å². The van der Waals surface area contributed by atoms with E-state index in [0.717, 1.165) is 50.9 Å². The first kappa shape index (κ1) is 19.7. The van der Waals surface area contributed by atoms with Crippen LogP contribution in [0, 0.1) is 0 Å². The summed E-state index contributed by atoms with van der Waals surface area (Å²) in [6.07, 6.45) is 3.63. The molecular weight excluding hydrogens is 348 g/mol. The van der Waals surface area contributed by atoms with Gasteiger partial charge in [0, 0.05) is 32.1 Å². The largest absolute Gasteiger partial charge is 0.383 e. The van der Waals surface area contributed by atoms with Gasteiger partial charge in [0.25, 0.3) is 0 Å². The number of piperidine rings is 1. The molecule has 1 aromatic carbocycles. The number of sulfonamides is 1. The first-order valence-electron chi connectivity index (χ1n) is 8.43. The van der Waals surface area contributed by atoms with Crippen molar-refractivity contribution in [3.8, 4) is 0 Å². The predicted octanol–water partition coefficient (Wildman–Crippen LogP) is 2.25. The van der Waals surface area contributed by atoms with Gasteiger partial charge in [-0.1, -0.05) is 12.1 Å². The predicted molar refractivity (Wildman–Crippen MR) is 97.1 cm³/mol. The zero-order valence-corrected chi connectivity index (χ0v) is 15.8. The molecule has 1 aliphatic rings. The number of ether oxygens (including phenoxy) is 1. The van der Waals surface area contributed by atoms with Crippen LogP contribution < -0.4 is 4.72 Å². The monoisotopic (exact) mass is 374 g/mol. The number of nitrogens with one attached hydrogen (secondary N) is 1. The Morgan fingerprint density at radius 2 is 2.08 bits per heavy atom. The number of benzene rings is 1. The Hall–Kier alpha value is -0.660. The molecule has 0 bridgehead atoms. The number of alkyl halides is 1. The van der Waals surface area contributed by atoms with E-state index in [2.05, 4.69) is 9.62 Å². The van der Waals surface area contributed by atoms with Gasteiger partial charge >= 0.3 is 0 Å². The first-order chi connectivity index (χ1) is 11.5. The molecule has 7 heteroatoms. The summed E-state index contributed by atoms with van der Waals surface area (Å²) in [4.78, 5) is 2.57. The van der Waals surface area contributed by atoms with Crippen molar-refractivity contribution in [1.29, 1.82) is 0 Å². The topological polar surface area (TPSA) is 58.6 Å². The van der Waals surface area contributed by atoms with Gasteiger partial charge in [0.1, 0.15) is 0 Å². The standard InChI is InChI=1S/C17H27ClN2O3S/c1-23-13-12-20-11-3-5-16(14-20)19-24(21,22)17-8-6-15(7-9-17)4-2-10-18/h6-9,16,19H,2-5,10-14H2,1H3. The molecule has 24 heavy (non-hydrogen) atoms. The van der Waals surface area contributed by atoms with Crippen LogP contribution in [0.15, 0.2) is 29.2 Å². The molecule has 0 spiro atoms. The molecule has 0 amide bonds. The number of hydrogen-bond acceptors (Lipinski definition) is 4. The van der Waals surface area contributed by atoms with Gasteiger partial charge in [-0.15, -0.1) is 11.6 Å². The Kier molecular flexibility index (Phi) is 7.97. The van der Waals surface area contributed by atoms with E-state index in [4.69, 9.17) is 16.3 Å².